The molecular formula is C18H22N2O5. The summed E-state index contributed by atoms with van der Waals surface area (Å²) in [6.45, 7) is 4.68. The monoisotopic (exact) mass is 346 g/mol. The van der Waals surface area contributed by atoms with Gasteiger partial charge in [-0.3, -0.25) is 14.5 Å². The van der Waals surface area contributed by atoms with E-state index in [-0.39, 0.29) is 12.0 Å². The summed E-state index contributed by atoms with van der Waals surface area (Å²) in [5, 5.41) is 2.74. The molecule has 0 unspecified atom stereocenters. The predicted molar refractivity (Wildman–Crippen MR) is 88.5 cm³/mol. The van der Waals surface area contributed by atoms with Gasteiger partial charge < -0.3 is 14.8 Å². The third kappa shape index (κ3) is 3.11. The van der Waals surface area contributed by atoms with Crippen molar-refractivity contribution in [3.05, 3.63) is 35.9 Å². The zero-order valence-corrected chi connectivity index (χ0v) is 14.4. The second-order valence-electron chi connectivity index (χ2n) is 6.91. The molecule has 2 saturated heterocycles. The zero-order chi connectivity index (χ0) is 18.1. The van der Waals surface area contributed by atoms with Crippen LogP contribution in [0.5, 0.6) is 0 Å². The van der Waals surface area contributed by atoms with E-state index >= 15 is 0 Å². The summed E-state index contributed by atoms with van der Waals surface area (Å²) in [6.07, 6.45) is 0.391. The third-order valence-corrected chi connectivity index (χ3v) is 4.74. The smallest absolute Gasteiger partial charge is 0.326 e. The van der Waals surface area contributed by atoms with Crippen LogP contribution < -0.4 is 5.32 Å². The zero-order valence-electron chi connectivity index (χ0n) is 14.4. The number of hydrogen-bond donors (Lipinski definition) is 1. The molecule has 3 amide bonds. The standard InChI is InChI=1S/C18H22N2O5/c1-3-18(13-7-5-4-6-8-13)15(22)20(16(23)19-18)9-14(21)25-12-17(2)10-24-11-17/h4-8H,3,9-12H2,1-2H3,(H,19,23)/t18-/m1/s1. The number of imide groups is 1. The van der Waals surface area contributed by atoms with Crippen molar-refractivity contribution in [2.75, 3.05) is 26.4 Å². The first kappa shape index (κ1) is 17.4. The van der Waals surface area contributed by atoms with E-state index in [1.807, 2.05) is 32.0 Å². The molecule has 1 aromatic rings. The lowest BCUT2D eigenvalue weighted by atomic mass is 9.87. The van der Waals surface area contributed by atoms with Crippen LogP contribution >= 0.6 is 0 Å². The first-order chi connectivity index (χ1) is 11.9. The molecular weight excluding hydrogens is 324 g/mol. The molecule has 2 fully saturated rings. The van der Waals surface area contributed by atoms with Crippen LogP contribution in [-0.2, 0) is 24.6 Å². The number of benzene rings is 1. The van der Waals surface area contributed by atoms with Crippen LogP contribution in [0, 0.1) is 5.41 Å². The lowest BCUT2D eigenvalue weighted by Crippen LogP contribution is -2.45. The highest BCUT2D eigenvalue weighted by Gasteiger charge is 2.51. The van der Waals surface area contributed by atoms with Crippen molar-refractivity contribution in [3.63, 3.8) is 0 Å². The molecule has 2 aliphatic heterocycles. The van der Waals surface area contributed by atoms with Crippen LogP contribution in [0.2, 0.25) is 0 Å². The Kier molecular flexibility index (Phi) is 4.51. The molecule has 2 aliphatic rings. The minimum absolute atomic E-state index is 0.176. The normalized spacial score (nSPS) is 24.6. The van der Waals surface area contributed by atoms with Crippen LogP contribution in [0.1, 0.15) is 25.8 Å². The Morgan fingerprint density at radius 2 is 1.96 bits per heavy atom. The van der Waals surface area contributed by atoms with E-state index < -0.39 is 30.0 Å². The van der Waals surface area contributed by atoms with E-state index in [1.54, 1.807) is 12.1 Å². The van der Waals surface area contributed by atoms with Gasteiger partial charge in [0.2, 0.25) is 0 Å². The number of rotatable bonds is 6. The molecule has 0 aliphatic carbocycles. The predicted octanol–water partition coefficient (Wildman–Crippen LogP) is 1.42. The molecule has 25 heavy (non-hydrogen) atoms. The van der Waals surface area contributed by atoms with Crippen LogP contribution in [0.25, 0.3) is 0 Å². The molecule has 2 heterocycles. The Labute approximate surface area is 146 Å². The molecule has 0 radical (unpaired) electrons. The van der Waals surface area contributed by atoms with Crippen LogP contribution in [0.15, 0.2) is 30.3 Å². The highest BCUT2D eigenvalue weighted by atomic mass is 16.5. The van der Waals surface area contributed by atoms with Crippen LogP contribution in [0.3, 0.4) is 0 Å². The Balaban J connectivity index is 1.69. The van der Waals surface area contributed by atoms with Gasteiger partial charge in [0.15, 0.2) is 0 Å². The first-order valence-corrected chi connectivity index (χ1v) is 8.33. The molecule has 7 nitrogen and oxygen atoms in total. The number of nitrogens with one attached hydrogen (secondary N) is 1. The Hall–Kier alpha value is -2.41. The summed E-state index contributed by atoms with van der Waals surface area (Å²) >= 11 is 0. The average Bonchev–Trinajstić information content (AvgIpc) is 2.84. The van der Waals surface area contributed by atoms with Gasteiger partial charge in [-0.25, -0.2) is 4.79 Å². The molecule has 0 bridgehead atoms. The van der Waals surface area contributed by atoms with Crippen molar-refractivity contribution in [2.45, 2.75) is 25.8 Å². The van der Waals surface area contributed by atoms with Crippen molar-refractivity contribution in [2.24, 2.45) is 5.41 Å². The molecule has 3 rings (SSSR count). The molecule has 0 saturated carbocycles. The third-order valence-electron chi connectivity index (χ3n) is 4.74. The molecule has 1 aromatic carbocycles. The number of urea groups is 1. The van der Waals surface area contributed by atoms with Gasteiger partial charge in [-0.05, 0) is 12.0 Å². The summed E-state index contributed by atoms with van der Waals surface area (Å²) in [5.74, 6) is -1.03. The molecule has 7 heteroatoms. The average molecular weight is 346 g/mol. The first-order valence-electron chi connectivity index (χ1n) is 8.33. The number of esters is 1. The van der Waals surface area contributed by atoms with Gasteiger partial charge in [0, 0.05) is 5.41 Å². The van der Waals surface area contributed by atoms with Gasteiger partial charge in [0.1, 0.15) is 18.7 Å². The molecule has 0 aromatic heterocycles. The van der Waals surface area contributed by atoms with E-state index in [0.29, 0.717) is 25.2 Å². The van der Waals surface area contributed by atoms with Crippen LogP contribution in [0.4, 0.5) is 4.79 Å². The maximum atomic E-state index is 12.9. The summed E-state index contributed by atoms with van der Waals surface area (Å²) in [5.41, 5.74) is -0.609. The van der Waals surface area contributed by atoms with Gasteiger partial charge >= 0.3 is 12.0 Å². The molecule has 1 atom stereocenters. The van der Waals surface area contributed by atoms with Gasteiger partial charge in [-0.2, -0.15) is 0 Å². The number of amides is 3. The van der Waals surface area contributed by atoms with E-state index in [1.165, 1.54) is 0 Å². The van der Waals surface area contributed by atoms with Gasteiger partial charge in [-0.15, -0.1) is 0 Å². The molecule has 0 spiro atoms. The summed E-state index contributed by atoms with van der Waals surface area (Å²) in [7, 11) is 0. The summed E-state index contributed by atoms with van der Waals surface area (Å²) < 4.78 is 10.3. The lowest BCUT2D eigenvalue weighted by Gasteiger charge is -2.37. The second-order valence-corrected chi connectivity index (χ2v) is 6.91. The number of hydrogen-bond acceptors (Lipinski definition) is 5. The fourth-order valence-corrected chi connectivity index (χ4v) is 3.10. The minimum Gasteiger partial charge on any atom is -0.464 e. The van der Waals surface area contributed by atoms with Crippen molar-refractivity contribution in [3.8, 4) is 0 Å². The van der Waals surface area contributed by atoms with E-state index in [0.717, 1.165) is 4.90 Å². The quantitative estimate of drug-likeness (QED) is 0.622. The highest BCUT2D eigenvalue weighted by molar-refractivity contribution is 6.09. The molecule has 134 valence electrons. The maximum absolute atomic E-state index is 12.9. The lowest BCUT2D eigenvalue weighted by molar-refractivity contribution is -0.166. The Bertz CT molecular complexity index is 686. The van der Waals surface area contributed by atoms with E-state index in [4.69, 9.17) is 9.47 Å². The Morgan fingerprint density at radius 1 is 1.28 bits per heavy atom. The van der Waals surface area contributed by atoms with E-state index in [2.05, 4.69) is 5.32 Å². The number of carbonyl (C=O) groups is 3. The number of ether oxygens (including phenoxy) is 2. The summed E-state index contributed by atoms with van der Waals surface area (Å²) in [6, 6.07) is 8.47. The summed E-state index contributed by atoms with van der Waals surface area (Å²) in [4.78, 5) is 38.2. The van der Waals surface area contributed by atoms with Gasteiger partial charge in [0.25, 0.3) is 5.91 Å². The minimum atomic E-state index is -1.13. The van der Waals surface area contributed by atoms with Crippen molar-refractivity contribution in [1.82, 2.24) is 10.2 Å². The number of nitrogens with zero attached hydrogens (tertiary/aromatic N) is 1. The van der Waals surface area contributed by atoms with Crippen molar-refractivity contribution < 1.29 is 23.9 Å². The van der Waals surface area contributed by atoms with Crippen molar-refractivity contribution in [1.29, 1.82) is 0 Å². The second kappa shape index (κ2) is 6.48. The van der Waals surface area contributed by atoms with Gasteiger partial charge in [0.05, 0.1) is 13.2 Å². The largest absolute Gasteiger partial charge is 0.464 e. The van der Waals surface area contributed by atoms with Gasteiger partial charge in [-0.1, -0.05) is 44.2 Å². The molecule has 1 N–H and O–H groups in total. The SMILES string of the molecule is CC[C@]1(c2ccccc2)NC(=O)N(CC(=O)OCC2(C)COC2)C1=O. The maximum Gasteiger partial charge on any atom is 0.326 e. The van der Waals surface area contributed by atoms with Crippen molar-refractivity contribution >= 4 is 17.9 Å². The number of carbonyl (C=O) groups excluding carboxylic acids is 3. The van der Waals surface area contributed by atoms with E-state index in [9.17, 15) is 14.4 Å². The topological polar surface area (TPSA) is 84.9 Å². The fourth-order valence-electron chi connectivity index (χ4n) is 3.10. The Morgan fingerprint density at radius 3 is 2.52 bits per heavy atom. The van der Waals surface area contributed by atoms with Crippen LogP contribution in [-0.4, -0.2) is 49.2 Å². The fraction of sp³-hybridized carbons (Fsp3) is 0.500. The highest BCUT2D eigenvalue weighted by Crippen LogP contribution is 2.32.